The summed E-state index contributed by atoms with van der Waals surface area (Å²) in [6.45, 7) is 0.643. The zero-order valence-corrected chi connectivity index (χ0v) is 11.0. The second-order valence-corrected chi connectivity index (χ2v) is 4.32. The Morgan fingerprint density at radius 3 is 2.21 bits per heavy atom. The third kappa shape index (κ3) is 3.85. The maximum Gasteiger partial charge on any atom is 0.314 e. The van der Waals surface area contributed by atoms with Crippen LogP contribution in [0.2, 0.25) is 0 Å². The Kier molecular flexibility index (Phi) is 4.56. The van der Waals surface area contributed by atoms with Gasteiger partial charge in [0.2, 0.25) is 0 Å². The van der Waals surface area contributed by atoms with Gasteiger partial charge in [-0.25, -0.2) is 4.79 Å². The molecule has 0 fully saturated rings. The van der Waals surface area contributed by atoms with Crippen LogP contribution in [0.4, 0.5) is 4.79 Å². The monoisotopic (exact) mass is 254 g/mol. The highest BCUT2D eigenvalue weighted by Gasteiger charge is 1.99. The van der Waals surface area contributed by atoms with Crippen molar-refractivity contribution < 1.29 is 4.79 Å². The van der Waals surface area contributed by atoms with Gasteiger partial charge < -0.3 is 10.6 Å². The summed E-state index contributed by atoms with van der Waals surface area (Å²) in [5.74, 6) is 0. The third-order valence-corrected chi connectivity index (χ3v) is 2.99. The average molecular weight is 254 g/mol. The first-order valence-corrected chi connectivity index (χ1v) is 6.39. The van der Waals surface area contributed by atoms with Crippen LogP contribution in [-0.2, 0) is 6.42 Å². The number of benzene rings is 2. The number of hydrogen-bond donors (Lipinski definition) is 2. The van der Waals surface area contributed by atoms with Gasteiger partial charge in [-0.1, -0.05) is 54.6 Å². The quantitative estimate of drug-likeness (QED) is 0.865. The molecular formula is C16H18N2O. The van der Waals surface area contributed by atoms with Crippen molar-refractivity contribution in [3.05, 3.63) is 60.2 Å². The van der Waals surface area contributed by atoms with Crippen molar-refractivity contribution in [2.75, 3.05) is 13.6 Å². The molecule has 2 rings (SSSR count). The Bertz CT molecular complexity index is 520. The minimum Gasteiger partial charge on any atom is -0.341 e. The van der Waals surface area contributed by atoms with E-state index in [1.165, 1.54) is 16.7 Å². The third-order valence-electron chi connectivity index (χ3n) is 2.99. The van der Waals surface area contributed by atoms with Gasteiger partial charge in [-0.3, -0.25) is 0 Å². The van der Waals surface area contributed by atoms with E-state index in [2.05, 4.69) is 47.0 Å². The molecule has 3 heteroatoms. The minimum atomic E-state index is -0.138. The lowest BCUT2D eigenvalue weighted by molar-refractivity contribution is 0.243. The van der Waals surface area contributed by atoms with E-state index in [9.17, 15) is 4.79 Å². The SMILES string of the molecule is CNC(=O)NCCc1ccc(-c2ccccc2)cc1. The molecule has 0 heterocycles. The van der Waals surface area contributed by atoms with Gasteiger partial charge in [-0.05, 0) is 23.1 Å². The van der Waals surface area contributed by atoms with Gasteiger partial charge in [0.05, 0.1) is 0 Å². The summed E-state index contributed by atoms with van der Waals surface area (Å²) in [5.41, 5.74) is 3.65. The fraction of sp³-hybridized carbons (Fsp3) is 0.188. The molecule has 0 aliphatic carbocycles. The normalized spacial score (nSPS) is 9.95. The van der Waals surface area contributed by atoms with E-state index in [0.29, 0.717) is 6.54 Å². The van der Waals surface area contributed by atoms with Crippen molar-refractivity contribution in [3.8, 4) is 11.1 Å². The lowest BCUT2D eigenvalue weighted by atomic mass is 10.0. The number of carbonyl (C=O) groups excluding carboxylic acids is 1. The van der Waals surface area contributed by atoms with E-state index in [1.807, 2.05) is 18.2 Å². The van der Waals surface area contributed by atoms with Crippen molar-refractivity contribution >= 4 is 6.03 Å². The van der Waals surface area contributed by atoms with Crippen LogP contribution in [0, 0.1) is 0 Å². The first-order valence-electron chi connectivity index (χ1n) is 6.39. The van der Waals surface area contributed by atoms with Crippen molar-refractivity contribution in [1.29, 1.82) is 0 Å². The minimum absolute atomic E-state index is 0.138. The zero-order valence-electron chi connectivity index (χ0n) is 11.0. The molecule has 2 aromatic rings. The van der Waals surface area contributed by atoms with Crippen molar-refractivity contribution in [1.82, 2.24) is 10.6 Å². The van der Waals surface area contributed by atoms with E-state index in [-0.39, 0.29) is 6.03 Å². The number of carbonyl (C=O) groups is 1. The summed E-state index contributed by atoms with van der Waals surface area (Å²) < 4.78 is 0. The molecule has 2 aromatic carbocycles. The van der Waals surface area contributed by atoms with Crippen molar-refractivity contribution in [3.63, 3.8) is 0 Å². The number of hydrogen-bond acceptors (Lipinski definition) is 1. The first-order chi connectivity index (χ1) is 9.29. The van der Waals surface area contributed by atoms with Crippen molar-refractivity contribution in [2.45, 2.75) is 6.42 Å². The largest absolute Gasteiger partial charge is 0.341 e. The van der Waals surface area contributed by atoms with E-state index in [4.69, 9.17) is 0 Å². The van der Waals surface area contributed by atoms with Crippen LogP contribution < -0.4 is 10.6 Å². The summed E-state index contributed by atoms with van der Waals surface area (Å²) in [7, 11) is 1.62. The molecule has 0 aliphatic heterocycles. The molecular weight excluding hydrogens is 236 g/mol. The summed E-state index contributed by atoms with van der Waals surface area (Å²) in [6, 6.07) is 18.6. The van der Waals surface area contributed by atoms with E-state index in [0.717, 1.165) is 6.42 Å². The average Bonchev–Trinajstić information content (AvgIpc) is 2.48. The summed E-state index contributed by atoms with van der Waals surface area (Å²) >= 11 is 0. The van der Waals surface area contributed by atoms with Gasteiger partial charge in [0, 0.05) is 13.6 Å². The lowest BCUT2D eigenvalue weighted by Crippen LogP contribution is -2.33. The van der Waals surface area contributed by atoms with E-state index < -0.39 is 0 Å². The Balaban J connectivity index is 1.94. The highest BCUT2D eigenvalue weighted by atomic mass is 16.2. The molecule has 0 saturated heterocycles. The topological polar surface area (TPSA) is 41.1 Å². The molecule has 0 aromatic heterocycles. The molecule has 0 aliphatic rings. The maximum absolute atomic E-state index is 11.0. The summed E-state index contributed by atoms with van der Waals surface area (Å²) in [5, 5.41) is 5.31. The van der Waals surface area contributed by atoms with Gasteiger partial charge >= 0.3 is 6.03 Å². The van der Waals surface area contributed by atoms with Crippen LogP contribution in [0.15, 0.2) is 54.6 Å². The van der Waals surface area contributed by atoms with Gasteiger partial charge in [0.15, 0.2) is 0 Å². The molecule has 0 spiro atoms. The molecule has 0 saturated carbocycles. The number of urea groups is 1. The summed E-state index contributed by atoms with van der Waals surface area (Å²) in [4.78, 5) is 11.0. The molecule has 0 atom stereocenters. The van der Waals surface area contributed by atoms with E-state index >= 15 is 0 Å². The van der Waals surface area contributed by atoms with Gasteiger partial charge in [-0.15, -0.1) is 0 Å². The molecule has 0 radical (unpaired) electrons. The molecule has 0 unspecified atom stereocenters. The fourth-order valence-corrected chi connectivity index (χ4v) is 1.90. The molecule has 2 amide bonds. The Labute approximate surface area is 113 Å². The zero-order chi connectivity index (χ0) is 13.5. The number of nitrogens with one attached hydrogen (secondary N) is 2. The highest BCUT2D eigenvalue weighted by molar-refractivity contribution is 5.73. The van der Waals surface area contributed by atoms with Crippen LogP contribution in [0.5, 0.6) is 0 Å². The molecule has 0 bridgehead atoms. The number of amides is 2. The Morgan fingerprint density at radius 1 is 0.947 bits per heavy atom. The maximum atomic E-state index is 11.0. The fourth-order valence-electron chi connectivity index (χ4n) is 1.90. The van der Waals surface area contributed by atoms with Crippen LogP contribution >= 0.6 is 0 Å². The Morgan fingerprint density at radius 2 is 1.58 bits per heavy atom. The molecule has 19 heavy (non-hydrogen) atoms. The first kappa shape index (κ1) is 13.1. The van der Waals surface area contributed by atoms with Crippen LogP contribution in [0.1, 0.15) is 5.56 Å². The predicted molar refractivity (Wildman–Crippen MR) is 78.0 cm³/mol. The van der Waals surface area contributed by atoms with Gasteiger partial charge in [0.1, 0.15) is 0 Å². The highest BCUT2D eigenvalue weighted by Crippen LogP contribution is 2.19. The second-order valence-electron chi connectivity index (χ2n) is 4.32. The molecule has 2 N–H and O–H groups in total. The molecule has 98 valence electrons. The molecule has 3 nitrogen and oxygen atoms in total. The van der Waals surface area contributed by atoms with Crippen LogP contribution in [0.3, 0.4) is 0 Å². The van der Waals surface area contributed by atoms with Crippen molar-refractivity contribution in [2.24, 2.45) is 0 Å². The standard InChI is InChI=1S/C16H18N2O/c1-17-16(19)18-12-11-13-7-9-15(10-8-13)14-5-3-2-4-6-14/h2-10H,11-12H2,1H3,(H2,17,18,19). The van der Waals surface area contributed by atoms with Gasteiger partial charge in [-0.2, -0.15) is 0 Å². The smallest absolute Gasteiger partial charge is 0.314 e. The predicted octanol–water partition coefficient (Wildman–Crippen LogP) is 2.83. The number of rotatable bonds is 4. The van der Waals surface area contributed by atoms with Gasteiger partial charge in [0.25, 0.3) is 0 Å². The van der Waals surface area contributed by atoms with Crippen LogP contribution in [0.25, 0.3) is 11.1 Å². The van der Waals surface area contributed by atoms with Crippen LogP contribution in [-0.4, -0.2) is 19.6 Å². The Hall–Kier alpha value is -2.29. The summed E-state index contributed by atoms with van der Waals surface area (Å²) in [6.07, 6.45) is 0.836. The second kappa shape index (κ2) is 6.59. The lowest BCUT2D eigenvalue weighted by Gasteiger charge is -2.06. The van der Waals surface area contributed by atoms with E-state index in [1.54, 1.807) is 7.05 Å².